The number of unbranched alkanes of at least 4 members (excludes halogenated alkanes) is 2. The van der Waals surface area contributed by atoms with Crippen LogP contribution in [-0.2, 0) is 0 Å². The monoisotopic (exact) mass is 254 g/mol. The van der Waals surface area contributed by atoms with Gasteiger partial charge in [0.1, 0.15) is 11.5 Å². The van der Waals surface area contributed by atoms with Gasteiger partial charge in [0.2, 0.25) is 0 Å². The van der Waals surface area contributed by atoms with E-state index in [9.17, 15) is 10.2 Å². The molecule has 0 spiro atoms. The minimum Gasteiger partial charge on any atom is -0.508 e. The molecule has 0 aliphatic carbocycles. The van der Waals surface area contributed by atoms with Gasteiger partial charge in [-0.25, -0.2) is 0 Å². The van der Waals surface area contributed by atoms with Gasteiger partial charge in [-0.1, -0.05) is 48.6 Å². The maximum absolute atomic E-state index is 9.77. The SMILES string of the molecule is CCCCCC(C)(C)Pc1cc(O)ccc1O. The van der Waals surface area contributed by atoms with Crippen molar-refractivity contribution in [2.75, 3.05) is 0 Å². The van der Waals surface area contributed by atoms with Gasteiger partial charge in [-0.05, 0) is 29.8 Å². The van der Waals surface area contributed by atoms with Crippen molar-refractivity contribution in [1.82, 2.24) is 0 Å². The first-order valence-corrected chi connectivity index (χ1v) is 7.25. The van der Waals surface area contributed by atoms with Crippen LogP contribution in [0.25, 0.3) is 0 Å². The van der Waals surface area contributed by atoms with Crippen LogP contribution in [0.1, 0.15) is 46.5 Å². The van der Waals surface area contributed by atoms with Crippen molar-refractivity contribution >= 4 is 13.9 Å². The van der Waals surface area contributed by atoms with E-state index in [1.807, 2.05) is 0 Å². The number of aromatic hydroxyl groups is 2. The molecule has 1 aromatic carbocycles. The molecule has 0 bridgehead atoms. The van der Waals surface area contributed by atoms with E-state index in [0.717, 1.165) is 11.7 Å². The molecule has 0 saturated carbocycles. The van der Waals surface area contributed by atoms with Crippen molar-refractivity contribution in [2.24, 2.45) is 0 Å². The summed E-state index contributed by atoms with van der Waals surface area (Å²) < 4.78 is 0. The Balaban J connectivity index is 2.65. The Morgan fingerprint density at radius 3 is 2.53 bits per heavy atom. The Morgan fingerprint density at radius 2 is 1.88 bits per heavy atom. The fourth-order valence-electron chi connectivity index (χ4n) is 1.87. The summed E-state index contributed by atoms with van der Waals surface area (Å²) in [4.78, 5) is 0. The van der Waals surface area contributed by atoms with Crippen molar-refractivity contribution in [1.29, 1.82) is 0 Å². The Morgan fingerprint density at radius 1 is 1.18 bits per heavy atom. The first-order chi connectivity index (χ1) is 7.94. The van der Waals surface area contributed by atoms with Crippen LogP contribution in [0.4, 0.5) is 0 Å². The zero-order valence-electron chi connectivity index (χ0n) is 11.0. The zero-order valence-corrected chi connectivity index (χ0v) is 12.0. The maximum atomic E-state index is 9.77. The van der Waals surface area contributed by atoms with Crippen LogP contribution in [0.5, 0.6) is 11.5 Å². The topological polar surface area (TPSA) is 40.5 Å². The molecule has 1 aromatic rings. The summed E-state index contributed by atoms with van der Waals surface area (Å²) in [6.07, 6.45) is 4.89. The van der Waals surface area contributed by atoms with Crippen LogP contribution < -0.4 is 5.30 Å². The molecule has 0 aliphatic heterocycles. The second kappa shape index (κ2) is 6.26. The second-order valence-electron chi connectivity index (χ2n) is 5.17. The lowest BCUT2D eigenvalue weighted by atomic mass is 10.0. The largest absolute Gasteiger partial charge is 0.508 e. The van der Waals surface area contributed by atoms with Crippen LogP contribution in [-0.4, -0.2) is 15.4 Å². The minimum absolute atomic E-state index is 0.195. The second-order valence-corrected chi connectivity index (χ2v) is 7.31. The molecule has 2 N–H and O–H groups in total. The molecule has 1 unspecified atom stereocenters. The molecule has 1 rings (SSSR count). The fourth-order valence-corrected chi connectivity index (χ4v) is 3.33. The lowest BCUT2D eigenvalue weighted by molar-refractivity contribution is 0.463. The summed E-state index contributed by atoms with van der Waals surface area (Å²) in [5, 5.41) is 20.3. The summed E-state index contributed by atoms with van der Waals surface area (Å²) in [5.41, 5.74) is 0. The Kier molecular flexibility index (Phi) is 5.27. The van der Waals surface area contributed by atoms with Crippen LogP contribution in [0.3, 0.4) is 0 Å². The van der Waals surface area contributed by atoms with E-state index in [-0.39, 0.29) is 10.9 Å². The molecule has 1 atom stereocenters. The van der Waals surface area contributed by atoms with Crippen molar-refractivity contribution in [3.05, 3.63) is 18.2 Å². The van der Waals surface area contributed by atoms with Crippen molar-refractivity contribution in [2.45, 2.75) is 51.6 Å². The molecular weight excluding hydrogens is 231 g/mol. The summed E-state index contributed by atoms with van der Waals surface area (Å²) >= 11 is 0. The molecule has 0 saturated heterocycles. The molecule has 2 nitrogen and oxygen atoms in total. The highest BCUT2D eigenvalue weighted by atomic mass is 31.1. The zero-order chi connectivity index (χ0) is 12.9. The standard InChI is InChI=1S/C14H23O2P/c1-4-5-6-9-14(2,3)17-13-10-11(15)7-8-12(13)16/h7-8,10,15-17H,4-6,9H2,1-3H3. The Bertz CT molecular complexity index is 361. The Labute approximate surface area is 106 Å². The number of hydrogen-bond acceptors (Lipinski definition) is 2. The average Bonchev–Trinajstić information content (AvgIpc) is 2.23. The van der Waals surface area contributed by atoms with Gasteiger partial charge < -0.3 is 10.2 Å². The third-order valence-electron chi connectivity index (χ3n) is 2.86. The highest BCUT2D eigenvalue weighted by Crippen LogP contribution is 2.38. The fraction of sp³-hybridized carbons (Fsp3) is 0.571. The quantitative estimate of drug-likeness (QED) is 0.461. The maximum Gasteiger partial charge on any atom is 0.123 e. The molecule has 0 amide bonds. The van der Waals surface area contributed by atoms with E-state index in [0.29, 0.717) is 14.3 Å². The van der Waals surface area contributed by atoms with Crippen LogP contribution in [0.15, 0.2) is 18.2 Å². The number of phenolic OH excluding ortho intramolecular Hbond substituents is 2. The molecule has 0 radical (unpaired) electrons. The molecule has 0 fully saturated rings. The normalized spacial score (nSPS) is 12.4. The summed E-state index contributed by atoms with van der Waals surface area (Å²) in [6.45, 7) is 6.66. The van der Waals surface area contributed by atoms with Crippen molar-refractivity contribution < 1.29 is 10.2 Å². The van der Waals surface area contributed by atoms with Crippen molar-refractivity contribution in [3.8, 4) is 11.5 Å². The van der Waals surface area contributed by atoms with Crippen molar-refractivity contribution in [3.63, 3.8) is 0 Å². The van der Waals surface area contributed by atoms with Crippen LogP contribution in [0, 0.1) is 0 Å². The lowest BCUT2D eigenvalue weighted by Crippen LogP contribution is -2.17. The van der Waals surface area contributed by atoms with Gasteiger partial charge in [-0.2, -0.15) is 0 Å². The Hall–Kier alpha value is -0.750. The molecule has 0 aromatic heterocycles. The molecule has 96 valence electrons. The van der Waals surface area contributed by atoms with Gasteiger partial charge in [0.25, 0.3) is 0 Å². The molecule has 17 heavy (non-hydrogen) atoms. The third-order valence-corrected chi connectivity index (χ3v) is 4.46. The summed E-state index contributed by atoms with van der Waals surface area (Å²) in [5.74, 6) is 0.527. The first kappa shape index (κ1) is 14.3. The van der Waals surface area contributed by atoms with Gasteiger partial charge in [-0.3, -0.25) is 0 Å². The van der Waals surface area contributed by atoms with E-state index < -0.39 is 0 Å². The van der Waals surface area contributed by atoms with Gasteiger partial charge in [-0.15, -0.1) is 0 Å². The van der Waals surface area contributed by atoms with Gasteiger partial charge in [0.15, 0.2) is 0 Å². The highest BCUT2D eigenvalue weighted by molar-refractivity contribution is 7.49. The van der Waals surface area contributed by atoms with E-state index in [1.54, 1.807) is 12.1 Å². The number of benzene rings is 1. The van der Waals surface area contributed by atoms with E-state index in [4.69, 9.17) is 0 Å². The summed E-state index contributed by atoms with van der Waals surface area (Å²) in [6, 6.07) is 4.77. The van der Waals surface area contributed by atoms with Gasteiger partial charge in [0, 0.05) is 5.30 Å². The number of hydrogen-bond donors (Lipinski definition) is 2. The lowest BCUT2D eigenvalue weighted by Gasteiger charge is -2.25. The van der Waals surface area contributed by atoms with Crippen LogP contribution in [0.2, 0.25) is 0 Å². The molecule has 0 heterocycles. The average molecular weight is 254 g/mol. The van der Waals surface area contributed by atoms with E-state index in [2.05, 4.69) is 20.8 Å². The minimum atomic E-state index is 0.195. The number of phenols is 2. The van der Waals surface area contributed by atoms with Crippen LogP contribution >= 0.6 is 8.58 Å². The molecule has 3 heteroatoms. The predicted molar refractivity (Wildman–Crippen MR) is 75.9 cm³/mol. The van der Waals surface area contributed by atoms with E-state index >= 15 is 0 Å². The summed E-state index contributed by atoms with van der Waals surface area (Å²) in [7, 11) is 0.528. The smallest absolute Gasteiger partial charge is 0.123 e. The van der Waals surface area contributed by atoms with E-state index in [1.165, 1.54) is 25.3 Å². The molecule has 0 aliphatic rings. The first-order valence-electron chi connectivity index (χ1n) is 6.25. The third kappa shape index (κ3) is 4.95. The molecular formula is C14H23O2P. The van der Waals surface area contributed by atoms with Gasteiger partial charge in [0.05, 0.1) is 0 Å². The van der Waals surface area contributed by atoms with Gasteiger partial charge >= 0.3 is 0 Å². The highest BCUT2D eigenvalue weighted by Gasteiger charge is 2.19. The number of rotatable bonds is 6. The predicted octanol–water partition coefficient (Wildman–Crippen LogP) is 3.76.